The van der Waals surface area contributed by atoms with Gasteiger partial charge in [-0.15, -0.1) is 11.3 Å². The van der Waals surface area contributed by atoms with Crippen LogP contribution in [0.4, 0.5) is 15.6 Å². The quantitative estimate of drug-likeness (QED) is 0.793. The monoisotopic (exact) mass is 262 g/mol. The van der Waals surface area contributed by atoms with Crippen molar-refractivity contribution >= 4 is 28.2 Å². The third-order valence-corrected chi connectivity index (χ3v) is 3.14. The Morgan fingerprint density at radius 1 is 1.33 bits per heavy atom. The van der Waals surface area contributed by atoms with Crippen molar-refractivity contribution in [3.05, 3.63) is 41.4 Å². The predicted octanol–water partition coefficient (Wildman–Crippen LogP) is 2.51. The van der Waals surface area contributed by atoms with Crippen LogP contribution in [0.15, 0.2) is 35.7 Å². The molecule has 0 unspecified atom stereocenters. The van der Waals surface area contributed by atoms with Crippen LogP contribution in [0.5, 0.6) is 0 Å². The minimum Gasteiger partial charge on any atom is -0.365 e. The van der Waals surface area contributed by atoms with Gasteiger partial charge in [-0.25, -0.2) is 9.78 Å². The van der Waals surface area contributed by atoms with Crippen molar-refractivity contribution in [2.45, 2.75) is 6.54 Å². The molecule has 6 heteroatoms. The lowest BCUT2D eigenvalue weighted by molar-refractivity contribution is 0.251. The van der Waals surface area contributed by atoms with Crippen LogP contribution >= 0.6 is 11.3 Å². The summed E-state index contributed by atoms with van der Waals surface area (Å²) in [6, 6.07) is 9.07. The highest BCUT2D eigenvalue weighted by atomic mass is 32.1. The van der Waals surface area contributed by atoms with Crippen LogP contribution in [0, 0.1) is 0 Å². The molecule has 2 amide bonds. The first kappa shape index (κ1) is 12.4. The zero-order valence-corrected chi connectivity index (χ0v) is 10.8. The number of nitrogens with one attached hydrogen (secondary N) is 3. The third kappa shape index (κ3) is 3.46. The first-order valence-corrected chi connectivity index (χ1v) is 6.38. The number of carbonyl (C=O) groups is 1. The highest BCUT2D eigenvalue weighted by Crippen LogP contribution is 2.14. The predicted molar refractivity (Wildman–Crippen MR) is 74.0 cm³/mol. The van der Waals surface area contributed by atoms with Gasteiger partial charge in [-0.2, -0.15) is 0 Å². The Kier molecular flexibility index (Phi) is 4.14. The summed E-state index contributed by atoms with van der Waals surface area (Å²) in [6.07, 6.45) is 0. The SMILES string of the molecule is CNc1nc(CNC(=O)Nc2ccccc2)cs1. The van der Waals surface area contributed by atoms with Crippen molar-refractivity contribution < 1.29 is 4.79 Å². The van der Waals surface area contributed by atoms with Crippen LogP contribution in [0.25, 0.3) is 0 Å². The number of para-hydroxylation sites is 1. The molecule has 0 aliphatic rings. The van der Waals surface area contributed by atoms with Gasteiger partial charge in [-0.05, 0) is 12.1 Å². The highest BCUT2D eigenvalue weighted by molar-refractivity contribution is 7.13. The zero-order valence-electron chi connectivity index (χ0n) is 9.93. The van der Waals surface area contributed by atoms with Gasteiger partial charge in [0, 0.05) is 18.1 Å². The topological polar surface area (TPSA) is 66.0 Å². The van der Waals surface area contributed by atoms with Crippen molar-refractivity contribution in [3.8, 4) is 0 Å². The van der Waals surface area contributed by atoms with Crippen molar-refractivity contribution in [1.29, 1.82) is 0 Å². The Bertz CT molecular complexity index is 512. The molecule has 0 bridgehead atoms. The fourth-order valence-corrected chi connectivity index (χ4v) is 2.04. The van der Waals surface area contributed by atoms with Gasteiger partial charge in [0.15, 0.2) is 5.13 Å². The normalized spacial score (nSPS) is 9.83. The number of hydrogen-bond acceptors (Lipinski definition) is 4. The number of aromatic nitrogens is 1. The number of rotatable bonds is 4. The molecular weight excluding hydrogens is 248 g/mol. The minimum atomic E-state index is -0.236. The Hall–Kier alpha value is -2.08. The molecule has 5 nitrogen and oxygen atoms in total. The molecule has 0 saturated heterocycles. The van der Waals surface area contributed by atoms with Crippen LogP contribution in [0.2, 0.25) is 0 Å². The average molecular weight is 262 g/mol. The molecule has 0 aliphatic carbocycles. The number of amides is 2. The van der Waals surface area contributed by atoms with E-state index in [9.17, 15) is 4.79 Å². The number of urea groups is 1. The number of thiazole rings is 1. The Morgan fingerprint density at radius 2 is 2.11 bits per heavy atom. The second kappa shape index (κ2) is 6.02. The van der Waals surface area contributed by atoms with Crippen molar-refractivity contribution in [2.75, 3.05) is 17.7 Å². The van der Waals surface area contributed by atoms with Gasteiger partial charge in [0.2, 0.25) is 0 Å². The van der Waals surface area contributed by atoms with E-state index in [1.165, 1.54) is 11.3 Å². The molecule has 2 aromatic rings. The second-order valence-corrected chi connectivity index (χ2v) is 4.43. The molecule has 0 aliphatic heterocycles. The molecule has 0 radical (unpaired) electrons. The summed E-state index contributed by atoms with van der Waals surface area (Å²) in [5.41, 5.74) is 1.61. The molecule has 2 rings (SSSR count). The molecule has 0 fully saturated rings. The fraction of sp³-hybridized carbons (Fsp3) is 0.167. The lowest BCUT2D eigenvalue weighted by Crippen LogP contribution is -2.28. The molecule has 1 aromatic carbocycles. The van der Waals surface area contributed by atoms with E-state index in [1.807, 2.05) is 42.8 Å². The lowest BCUT2D eigenvalue weighted by atomic mass is 10.3. The summed E-state index contributed by atoms with van der Waals surface area (Å²) in [4.78, 5) is 15.9. The zero-order chi connectivity index (χ0) is 12.8. The molecule has 94 valence electrons. The van der Waals surface area contributed by atoms with E-state index in [-0.39, 0.29) is 6.03 Å². The minimum absolute atomic E-state index is 0.236. The molecule has 1 aromatic heterocycles. The maximum Gasteiger partial charge on any atom is 0.319 e. The molecule has 18 heavy (non-hydrogen) atoms. The Labute approximate surface area is 109 Å². The first-order valence-electron chi connectivity index (χ1n) is 5.50. The van der Waals surface area contributed by atoms with E-state index in [2.05, 4.69) is 20.9 Å². The summed E-state index contributed by atoms with van der Waals surface area (Å²) < 4.78 is 0. The van der Waals surface area contributed by atoms with E-state index in [1.54, 1.807) is 0 Å². The summed E-state index contributed by atoms with van der Waals surface area (Å²) in [5, 5.41) is 11.2. The molecule has 0 atom stereocenters. The fourth-order valence-electron chi connectivity index (χ4n) is 1.37. The Morgan fingerprint density at radius 3 is 2.78 bits per heavy atom. The highest BCUT2D eigenvalue weighted by Gasteiger charge is 2.03. The van der Waals surface area contributed by atoms with Crippen LogP contribution in [0.1, 0.15) is 5.69 Å². The van der Waals surface area contributed by atoms with Gasteiger partial charge in [0.1, 0.15) is 0 Å². The van der Waals surface area contributed by atoms with Gasteiger partial charge < -0.3 is 16.0 Å². The van der Waals surface area contributed by atoms with E-state index >= 15 is 0 Å². The number of anilines is 2. The molecule has 3 N–H and O–H groups in total. The molecular formula is C12H14N4OS. The number of benzene rings is 1. The van der Waals surface area contributed by atoms with Crippen molar-refractivity contribution in [2.24, 2.45) is 0 Å². The van der Waals surface area contributed by atoms with Crippen molar-refractivity contribution in [1.82, 2.24) is 10.3 Å². The largest absolute Gasteiger partial charge is 0.365 e. The van der Waals surface area contributed by atoms with Gasteiger partial charge >= 0.3 is 6.03 Å². The summed E-state index contributed by atoms with van der Waals surface area (Å²) in [5.74, 6) is 0. The maximum absolute atomic E-state index is 11.6. The number of carbonyl (C=O) groups excluding carboxylic acids is 1. The summed E-state index contributed by atoms with van der Waals surface area (Å²) in [7, 11) is 1.82. The molecule has 0 saturated carbocycles. The van der Waals surface area contributed by atoms with E-state index in [0.717, 1.165) is 16.5 Å². The van der Waals surface area contributed by atoms with Crippen LogP contribution < -0.4 is 16.0 Å². The van der Waals surface area contributed by atoms with Crippen LogP contribution in [-0.4, -0.2) is 18.1 Å². The van der Waals surface area contributed by atoms with Crippen molar-refractivity contribution in [3.63, 3.8) is 0 Å². The van der Waals surface area contributed by atoms with Gasteiger partial charge in [-0.3, -0.25) is 0 Å². The van der Waals surface area contributed by atoms with E-state index in [0.29, 0.717) is 6.54 Å². The van der Waals surface area contributed by atoms with E-state index in [4.69, 9.17) is 0 Å². The Balaban J connectivity index is 1.81. The van der Waals surface area contributed by atoms with Crippen LogP contribution in [0.3, 0.4) is 0 Å². The molecule has 0 spiro atoms. The first-order chi connectivity index (χ1) is 8.78. The standard InChI is InChI=1S/C12H14N4OS/c1-13-12-16-10(8-18-12)7-14-11(17)15-9-5-3-2-4-6-9/h2-6,8H,7H2,1H3,(H,13,16)(H2,14,15,17). The van der Waals surface area contributed by atoms with Gasteiger partial charge in [0.25, 0.3) is 0 Å². The molecule has 1 heterocycles. The number of hydrogen-bond donors (Lipinski definition) is 3. The lowest BCUT2D eigenvalue weighted by Gasteiger charge is -2.05. The summed E-state index contributed by atoms with van der Waals surface area (Å²) in [6.45, 7) is 0.414. The smallest absolute Gasteiger partial charge is 0.319 e. The maximum atomic E-state index is 11.6. The summed E-state index contributed by atoms with van der Waals surface area (Å²) >= 11 is 1.51. The average Bonchev–Trinajstić information content (AvgIpc) is 2.85. The van der Waals surface area contributed by atoms with E-state index < -0.39 is 0 Å². The van der Waals surface area contributed by atoms with Crippen LogP contribution in [-0.2, 0) is 6.54 Å². The third-order valence-electron chi connectivity index (χ3n) is 2.23. The van der Waals surface area contributed by atoms with Gasteiger partial charge in [-0.1, -0.05) is 18.2 Å². The second-order valence-electron chi connectivity index (χ2n) is 3.57. The number of nitrogens with zero attached hydrogens (tertiary/aromatic N) is 1. The van der Waals surface area contributed by atoms with Gasteiger partial charge in [0.05, 0.1) is 12.2 Å².